The molecule has 2 amide bonds. The Morgan fingerprint density at radius 2 is 1.70 bits per heavy atom. The Kier molecular flexibility index (Phi) is 5.89. The molecule has 0 saturated carbocycles. The molecule has 0 aliphatic rings. The van der Waals surface area contributed by atoms with Gasteiger partial charge in [0.1, 0.15) is 11.2 Å². The quantitative estimate of drug-likeness (QED) is 0.801. The van der Waals surface area contributed by atoms with Gasteiger partial charge in [-0.15, -0.1) is 0 Å². The summed E-state index contributed by atoms with van der Waals surface area (Å²) >= 11 is 0. The highest BCUT2D eigenvalue weighted by atomic mass is 16.6. The van der Waals surface area contributed by atoms with Gasteiger partial charge in [-0.05, 0) is 39.8 Å². The zero-order valence-electron chi connectivity index (χ0n) is 16.0. The molecular formula is C19H23N3O5. The molecule has 0 aliphatic carbocycles. The van der Waals surface area contributed by atoms with Gasteiger partial charge in [0.05, 0.1) is 24.7 Å². The lowest BCUT2D eigenvalue weighted by atomic mass is 10.2. The number of hydrogen-bond donors (Lipinski definition) is 2. The summed E-state index contributed by atoms with van der Waals surface area (Å²) in [5.41, 5.74) is 3.00. The summed E-state index contributed by atoms with van der Waals surface area (Å²) < 4.78 is 11.3. The van der Waals surface area contributed by atoms with Crippen LogP contribution in [0.5, 0.6) is 0 Å². The number of esters is 1. The molecule has 1 aromatic carbocycles. The molecule has 0 spiro atoms. The minimum absolute atomic E-state index is 0.137. The number of carbonyl (C=O) groups excluding carboxylic acids is 3. The van der Waals surface area contributed by atoms with E-state index >= 15 is 0 Å². The molecule has 1 heterocycles. The van der Waals surface area contributed by atoms with E-state index in [1.807, 2.05) is 0 Å². The van der Waals surface area contributed by atoms with Crippen molar-refractivity contribution in [2.45, 2.75) is 33.3 Å². The number of amides is 2. The second-order valence-corrected chi connectivity index (χ2v) is 6.80. The molecule has 8 nitrogen and oxygen atoms in total. The molecule has 0 radical (unpaired) electrons. The predicted molar refractivity (Wildman–Crippen MR) is 100 cm³/mol. The number of rotatable bonds is 4. The van der Waals surface area contributed by atoms with Crippen molar-refractivity contribution in [1.82, 2.24) is 4.68 Å². The molecule has 0 bridgehead atoms. The number of carbonyl (C=O) groups is 3. The predicted octanol–water partition coefficient (Wildman–Crippen LogP) is 3.31. The summed E-state index contributed by atoms with van der Waals surface area (Å²) in [4.78, 5) is 36.6. The number of anilines is 1. The SMILES string of the molecule is COC(=O)c1c(NC(=O)c2ccccc2)cn(NC(=O)OC(C)(C)C)c1C. The van der Waals surface area contributed by atoms with Crippen molar-refractivity contribution in [3.8, 4) is 0 Å². The fourth-order valence-corrected chi connectivity index (χ4v) is 2.36. The molecule has 0 aliphatic heterocycles. The molecule has 2 N–H and O–H groups in total. The van der Waals surface area contributed by atoms with E-state index in [2.05, 4.69) is 10.7 Å². The monoisotopic (exact) mass is 373 g/mol. The Hall–Kier alpha value is -3.29. The van der Waals surface area contributed by atoms with Crippen molar-refractivity contribution in [2.75, 3.05) is 17.9 Å². The maximum atomic E-state index is 12.4. The largest absolute Gasteiger partial charge is 0.465 e. The van der Waals surface area contributed by atoms with Crippen LogP contribution >= 0.6 is 0 Å². The van der Waals surface area contributed by atoms with Gasteiger partial charge in [0.15, 0.2) is 0 Å². The first kappa shape index (κ1) is 20.0. The maximum absolute atomic E-state index is 12.4. The van der Waals surface area contributed by atoms with Crippen molar-refractivity contribution in [2.24, 2.45) is 0 Å². The van der Waals surface area contributed by atoms with Gasteiger partial charge >= 0.3 is 12.1 Å². The average molecular weight is 373 g/mol. The maximum Gasteiger partial charge on any atom is 0.426 e. The molecule has 27 heavy (non-hydrogen) atoms. The van der Waals surface area contributed by atoms with E-state index in [1.54, 1.807) is 58.0 Å². The van der Waals surface area contributed by atoms with Gasteiger partial charge in [0.25, 0.3) is 5.91 Å². The third kappa shape index (κ3) is 5.10. The molecule has 0 saturated heterocycles. The smallest absolute Gasteiger partial charge is 0.426 e. The molecule has 8 heteroatoms. The van der Waals surface area contributed by atoms with Crippen molar-refractivity contribution >= 4 is 23.7 Å². The van der Waals surface area contributed by atoms with E-state index in [1.165, 1.54) is 18.0 Å². The van der Waals surface area contributed by atoms with Gasteiger partial charge in [0, 0.05) is 5.56 Å². The van der Waals surface area contributed by atoms with Crippen LogP contribution < -0.4 is 10.7 Å². The van der Waals surface area contributed by atoms with Crippen LogP contribution in [0.2, 0.25) is 0 Å². The van der Waals surface area contributed by atoms with Gasteiger partial charge in [-0.3, -0.25) is 9.47 Å². The van der Waals surface area contributed by atoms with Crippen molar-refractivity contribution in [1.29, 1.82) is 0 Å². The van der Waals surface area contributed by atoms with E-state index < -0.39 is 23.6 Å². The lowest BCUT2D eigenvalue weighted by molar-refractivity contribution is 0.0589. The van der Waals surface area contributed by atoms with Crippen LogP contribution in [0.15, 0.2) is 36.5 Å². The number of hydrogen-bond acceptors (Lipinski definition) is 5. The Morgan fingerprint density at radius 3 is 2.26 bits per heavy atom. The standard InChI is InChI=1S/C19H23N3O5/c1-12-15(17(24)26-5)14(20-16(23)13-9-7-6-8-10-13)11-22(12)21-18(25)27-19(2,3)4/h6-11H,1-5H3,(H,20,23)(H,21,25). The van der Waals surface area contributed by atoms with Gasteiger partial charge < -0.3 is 14.8 Å². The second-order valence-electron chi connectivity index (χ2n) is 6.80. The molecule has 144 valence electrons. The van der Waals surface area contributed by atoms with Crippen LogP contribution in [-0.4, -0.2) is 35.4 Å². The lowest BCUT2D eigenvalue weighted by Gasteiger charge is -2.20. The van der Waals surface area contributed by atoms with Gasteiger partial charge in [-0.25, -0.2) is 15.0 Å². The topological polar surface area (TPSA) is 98.7 Å². The van der Waals surface area contributed by atoms with Crippen LogP contribution in [0.25, 0.3) is 0 Å². The first-order valence-electron chi connectivity index (χ1n) is 8.29. The summed E-state index contributed by atoms with van der Waals surface area (Å²) in [5.74, 6) is -1.03. The molecule has 2 rings (SSSR count). The average Bonchev–Trinajstić information content (AvgIpc) is 2.88. The number of nitrogens with one attached hydrogen (secondary N) is 2. The van der Waals surface area contributed by atoms with Crippen LogP contribution in [0, 0.1) is 6.92 Å². The van der Waals surface area contributed by atoms with Crippen molar-refractivity contribution < 1.29 is 23.9 Å². The fourth-order valence-electron chi connectivity index (χ4n) is 2.36. The first-order chi connectivity index (χ1) is 12.6. The second kappa shape index (κ2) is 7.94. The zero-order valence-corrected chi connectivity index (χ0v) is 16.0. The van der Waals surface area contributed by atoms with Crippen LogP contribution in [0.1, 0.15) is 47.2 Å². The number of methoxy groups -OCH3 is 1. The summed E-state index contributed by atoms with van der Waals surface area (Å²) in [5, 5.41) is 2.67. The first-order valence-corrected chi connectivity index (χ1v) is 8.29. The molecule has 0 fully saturated rings. The lowest BCUT2D eigenvalue weighted by Crippen LogP contribution is -2.31. The molecule has 0 atom stereocenters. The summed E-state index contributed by atoms with van der Waals surface area (Å²) in [6.45, 7) is 6.82. The summed E-state index contributed by atoms with van der Waals surface area (Å²) in [6.07, 6.45) is 0.727. The van der Waals surface area contributed by atoms with Crippen LogP contribution in [0.3, 0.4) is 0 Å². The van der Waals surface area contributed by atoms with Crippen molar-refractivity contribution in [3.05, 3.63) is 53.3 Å². The Labute approximate surface area is 157 Å². The van der Waals surface area contributed by atoms with E-state index in [0.717, 1.165) is 0 Å². The summed E-state index contributed by atoms with van der Waals surface area (Å²) in [7, 11) is 1.24. The number of aromatic nitrogens is 1. The third-order valence-electron chi connectivity index (χ3n) is 3.54. The molecular weight excluding hydrogens is 350 g/mol. The normalized spacial score (nSPS) is 10.9. The third-order valence-corrected chi connectivity index (χ3v) is 3.54. The van der Waals surface area contributed by atoms with Gasteiger partial charge in [-0.1, -0.05) is 18.2 Å². The minimum Gasteiger partial charge on any atom is -0.465 e. The van der Waals surface area contributed by atoms with E-state index in [-0.39, 0.29) is 11.3 Å². The number of benzene rings is 1. The Balaban J connectivity index is 2.32. The molecule has 2 aromatic rings. The molecule has 0 unspecified atom stereocenters. The Morgan fingerprint density at radius 1 is 1.07 bits per heavy atom. The highest BCUT2D eigenvalue weighted by molar-refractivity contribution is 6.08. The number of ether oxygens (including phenoxy) is 2. The Bertz CT molecular complexity index is 850. The fraction of sp³-hybridized carbons (Fsp3) is 0.316. The number of nitrogens with zero attached hydrogens (tertiary/aromatic N) is 1. The van der Waals surface area contributed by atoms with Gasteiger partial charge in [0.2, 0.25) is 0 Å². The molecule has 1 aromatic heterocycles. The zero-order chi connectivity index (χ0) is 20.2. The van der Waals surface area contributed by atoms with E-state index in [0.29, 0.717) is 11.3 Å². The van der Waals surface area contributed by atoms with E-state index in [9.17, 15) is 14.4 Å². The van der Waals surface area contributed by atoms with E-state index in [4.69, 9.17) is 9.47 Å². The highest BCUT2D eigenvalue weighted by Crippen LogP contribution is 2.23. The van der Waals surface area contributed by atoms with Crippen molar-refractivity contribution in [3.63, 3.8) is 0 Å². The summed E-state index contributed by atoms with van der Waals surface area (Å²) in [6, 6.07) is 8.56. The van der Waals surface area contributed by atoms with Crippen LogP contribution in [0.4, 0.5) is 10.5 Å². The van der Waals surface area contributed by atoms with Crippen LogP contribution in [-0.2, 0) is 9.47 Å². The minimum atomic E-state index is -0.696. The van der Waals surface area contributed by atoms with Gasteiger partial charge in [-0.2, -0.15) is 0 Å². The highest BCUT2D eigenvalue weighted by Gasteiger charge is 2.24.